The van der Waals surface area contributed by atoms with Crippen molar-refractivity contribution in [2.45, 2.75) is 13.3 Å². The first-order chi connectivity index (χ1) is 7.59. The largest absolute Gasteiger partial charge is 0.397 e. The third-order valence-electron chi connectivity index (χ3n) is 1.92. The molecule has 0 aliphatic rings. The number of nitrogens with one attached hydrogen (secondary N) is 1. The van der Waals surface area contributed by atoms with Crippen LogP contribution in [0.3, 0.4) is 0 Å². The summed E-state index contributed by atoms with van der Waals surface area (Å²) in [5.74, 6) is 0.660. The smallest absolute Gasteiger partial charge is 0.261 e. The van der Waals surface area contributed by atoms with Gasteiger partial charge in [0.1, 0.15) is 12.4 Å². The molecule has 16 heavy (non-hydrogen) atoms. The van der Waals surface area contributed by atoms with E-state index in [9.17, 15) is 8.78 Å². The van der Waals surface area contributed by atoms with Crippen LogP contribution >= 0.6 is 0 Å². The van der Waals surface area contributed by atoms with Crippen molar-refractivity contribution < 1.29 is 13.5 Å². The van der Waals surface area contributed by atoms with Gasteiger partial charge in [0.2, 0.25) is 0 Å². The fourth-order valence-corrected chi connectivity index (χ4v) is 1.09. The number of pyridine rings is 1. The molecule has 0 amide bonds. The molecule has 0 bridgehead atoms. The highest BCUT2D eigenvalue weighted by atomic mass is 19.3. The summed E-state index contributed by atoms with van der Waals surface area (Å²) in [6, 6.07) is 3.47. The number of nitrogen functional groups attached to an aromatic ring is 1. The Labute approximate surface area is 92.8 Å². The van der Waals surface area contributed by atoms with Gasteiger partial charge in [0.25, 0.3) is 6.43 Å². The number of nitrogens with zero attached hydrogens (tertiary/aromatic N) is 1. The van der Waals surface area contributed by atoms with Crippen LogP contribution in [0.25, 0.3) is 0 Å². The summed E-state index contributed by atoms with van der Waals surface area (Å²) in [5.41, 5.74) is 6.96. The summed E-state index contributed by atoms with van der Waals surface area (Å²) in [6.07, 6.45) is -2.42. The molecule has 0 aliphatic carbocycles. The zero-order valence-electron chi connectivity index (χ0n) is 9.04. The van der Waals surface area contributed by atoms with Crippen molar-refractivity contribution in [3.63, 3.8) is 0 Å². The molecule has 90 valence electrons. The van der Waals surface area contributed by atoms with Crippen LogP contribution in [0.15, 0.2) is 12.1 Å². The van der Waals surface area contributed by atoms with Gasteiger partial charge in [0, 0.05) is 6.54 Å². The number of rotatable bonds is 6. The van der Waals surface area contributed by atoms with Gasteiger partial charge in [-0.25, -0.2) is 13.8 Å². The summed E-state index contributed by atoms with van der Waals surface area (Å²) in [7, 11) is 0. The second kappa shape index (κ2) is 6.22. The molecule has 6 heteroatoms. The topological polar surface area (TPSA) is 60.2 Å². The molecule has 3 N–H and O–H groups in total. The SMILES string of the molecule is Cc1nc(NCCOCC(F)F)ccc1N. The quantitative estimate of drug-likeness (QED) is 0.731. The number of hydrogen-bond acceptors (Lipinski definition) is 4. The van der Waals surface area contributed by atoms with E-state index in [0.29, 0.717) is 18.1 Å². The lowest BCUT2D eigenvalue weighted by Gasteiger charge is -2.07. The lowest BCUT2D eigenvalue weighted by atomic mass is 10.3. The molecular weight excluding hydrogens is 216 g/mol. The van der Waals surface area contributed by atoms with E-state index in [1.54, 1.807) is 19.1 Å². The molecule has 1 aromatic rings. The molecule has 1 aromatic heterocycles. The minimum atomic E-state index is -2.42. The van der Waals surface area contributed by atoms with Crippen molar-refractivity contribution in [2.75, 3.05) is 30.8 Å². The summed E-state index contributed by atoms with van der Waals surface area (Å²) >= 11 is 0. The van der Waals surface area contributed by atoms with Crippen LogP contribution in [0, 0.1) is 6.92 Å². The molecular formula is C10H15F2N3O. The van der Waals surface area contributed by atoms with Gasteiger partial charge in [-0.3, -0.25) is 0 Å². The van der Waals surface area contributed by atoms with Gasteiger partial charge < -0.3 is 15.8 Å². The van der Waals surface area contributed by atoms with Crippen molar-refractivity contribution >= 4 is 11.5 Å². The standard InChI is InChI=1S/C10H15F2N3O/c1-7-8(13)2-3-10(15-7)14-4-5-16-6-9(11)12/h2-3,9H,4-6,13H2,1H3,(H,14,15). The van der Waals surface area contributed by atoms with Crippen molar-refractivity contribution in [1.82, 2.24) is 4.98 Å². The van der Waals surface area contributed by atoms with Crippen LogP contribution < -0.4 is 11.1 Å². The van der Waals surface area contributed by atoms with E-state index in [-0.39, 0.29) is 6.61 Å². The summed E-state index contributed by atoms with van der Waals surface area (Å²) < 4.78 is 28.1. The minimum Gasteiger partial charge on any atom is -0.397 e. The molecule has 0 unspecified atom stereocenters. The average Bonchev–Trinajstić information content (AvgIpc) is 2.22. The highest BCUT2D eigenvalue weighted by Gasteiger charge is 2.01. The van der Waals surface area contributed by atoms with Crippen molar-refractivity contribution in [3.05, 3.63) is 17.8 Å². The van der Waals surface area contributed by atoms with E-state index in [1.807, 2.05) is 0 Å². The number of ether oxygens (including phenoxy) is 1. The van der Waals surface area contributed by atoms with Crippen LogP contribution in [0.4, 0.5) is 20.3 Å². The van der Waals surface area contributed by atoms with Gasteiger partial charge in [-0.1, -0.05) is 0 Å². The second-order valence-corrected chi connectivity index (χ2v) is 3.26. The zero-order chi connectivity index (χ0) is 12.0. The van der Waals surface area contributed by atoms with Gasteiger partial charge in [0.05, 0.1) is 18.0 Å². The number of alkyl halides is 2. The predicted octanol–water partition coefficient (Wildman–Crippen LogP) is 1.67. The minimum absolute atomic E-state index is 0.218. The Morgan fingerprint density at radius 3 is 2.88 bits per heavy atom. The summed E-state index contributed by atoms with van der Waals surface area (Å²) in [6.45, 7) is 1.92. The first kappa shape index (κ1) is 12.6. The normalized spacial score (nSPS) is 10.8. The van der Waals surface area contributed by atoms with E-state index in [1.165, 1.54) is 0 Å². The Morgan fingerprint density at radius 2 is 2.25 bits per heavy atom. The number of hydrogen-bond donors (Lipinski definition) is 2. The monoisotopic (exact) mass is 231 g/mol. The average molecular weight is 231 g/mol. The lowest BCUT2D eigenvalue weighted by molar-refractivity contribution is 0.0215. The maximum absolute atomic E-state index is 11.7. The van der Waals surface area contributed by atoms with E-state index < -0.39 is 13.0 Å². The van der Waals surface area contributed by atoms with Gasteiger partial charge in [-0.05, 0) is 19.1 Å². The van der Waals surface area contributed by atoms with Gasteiger partial charge in [0.15, 0.2) is 0 Å². The number of aryl methyl sites for hydroxylation is 1. The second-order valence-electron chi connectivity index (χ2n) is 3.26. The Bertz CT molecular complexity index is 334. The summed E-state index contributed by atoms with van der Waals surface area (Å²) in [4.78, 5) is 4.17. The van der Waals surface area contributed by atoms with E-state index in [0.717, 1.165) is 5.69 Å². The molecule has 1 heterocycles. The molecule has 0 saturated carbocycles. The maximum atomic E-state index is 11.7. The molecule has 0 spiro atoms. The zero-order valence-corrected chi connectivity index (χ0v) is 9.04. The molecule has 0 aromatic carbocycles. The highest BCUT2D eigenvalue weighted by molar-refractivity contribution is 5.48. The maximum Gasteiger partial charge on any atom is 0.261 e. The van der Waals surface area contributed by atoms with Crippen LogP contribution in [-0.4, -0.2) is 31.2 Å². The summed E-state index contributed by atoms with van der Waals surface area (Å²) in [5, 5.41) is 2.95. The highest BCUT2D eigenvalue weighted by Crippen LogP contribution is 2.11. The first-order valence-electron chi connectivity index (χ1n) is 4.92. The molecule has 0 radical (unpaired) electrons. The Hall–Kier alpha value is -1.43. The lowest BCUT2D eigenvalue weighted by Crippen LogP contribution is -2.14. The van der Waals surface area contributed by atoms with Crippen molar-refractivity contribution in [1.29, 1.82) is 0 Å². The Morgan fingerprint density at radius 1 is 1.50 bits per heavy atom. The van der Waals surface area contributed by atoms with Crippen LogP contribution in [0.5, 0.6) is 0 Å². The van der Waals surface area contributed by atoms with E-state index in [4.69, 9.17) is 10.5 Å². The number of halogens is 2. The van der Waals surface area contributed by atoms with Gasteiger partial charge in [-0.2, -0.15) is 0 Å². The number of anilines is 2. The van der Waals surface area contributed by atoms with Crippen LogP contribution in [-0.2, 0) is 4.74 Å². The number of nitrogens with two attached hydrogens (primary N) is 1. The Balaban J connectivity index is 2.24. The molecule has 0 atom stereocenters. The Kier molecular flexibility index (Phi) is 4.91. The number of aromatic nitrogens is 1. The van der Waals surface area contributed by atoms with E-state index in [2.05, 4.69) is 10.3 Å². The third kappa shape index (κ3) is 4.39. The van der Waals surface area contributed by atoms with Gasteiger partial charge in [-0.15, -0.1) is 0 Å². The molecule has 4 nitrogen and oxygen atoms in total. The molecule has 0 aliphatic heterocycles. The van der Waals surface area contributed by atoms with E-state index >= 15 is 0 Å². The van der Waals surface area contributed by atoms with Crippen molar-refractivity contribution in [2.24, 2.45) is 0 Å². The molecule has 0 fully saturated rings. The molecule has 1 rings (SSSR count). The van der Waals surface area contributed by atoms with Gasteiger partial charge >= 0.3 is 0 Å². The third-order valence-corrected chi connectivity index (χ3v) is 1.92. The molecule has 0 saturated heterocycles. The fraction of sp³-hybridized carbons (Fsp3) is 0.500. The van der Waals surface area contributed by atoms with Crippen molar-refractivity contribution in [3.8, 4) is 0 Å². The first-order valence-corrected chi connectivity index (χ1v) is 4.92. The predicted molar refractivity (Wildman–Crippen MR) is 58.7 cm³/mol. The van der Waals surface area contributed by atoms with Crippen LogP contribution in [0.1, 0.15) is 5.69 Å². The van der Waals surface area contributed by atoms with Crippen LogP contribution in [0.2, 0.25) is 0 Å². The fourth-order valence-electron chi connectivity index (χ4n) is 1.09.